The lowest BCUT2D eigenvalue weighted by molar-refractivity contribution is -0.0957. The summed E-state index contributed by atoms with van der Waals surface area (Å²) in [7, 11) is -3.19. The molecule has 10 heteroatoms. The first-order valence-electron chi connectivity index (χ1n) is 11.4. The molecule has 184 valence electrons. The van der Waals surface area contributed by atoms with Crippen LogP contribution in [-0.4, -0.2) is 42.8 Å². The first-order chi connectivity index (χ1) is 16.6. The minimum Gasteiger partial charge on any atom is -0.489 e. The highest BCUT2D eigenvalue weighted by Gasteiger charge is 2.68. The molecule has 0 saturated heterocycles. The molecule has 0 radical (unpaired) electrons. The minimum atomic E-state index is -3.19. The van der Waals surface area contributed by atoms with E-state index in [2.05, 4.69) is 41.2 Å². The molecule has 3 aliphatic rings. The van der Waals surface area contributed by atoms with Crippen molar-refractivity contribution in [2.45, 2.75) is 43.3 Å². The summed E-state index contributed by atoms with van der Waals surface area (Å²) >= 11 is 12.1. The van der Waals surface area contributed by atoms with Gasteiger partial charge in [-0.2, -0.15) is 5.26 Å². The second-order valence-corrected chi connectivity index (χ2v) is 12.3. The van der Waals surface area contributed by atoms with E-state index in [0.29, 0.717) is 22.2 Å². The molecular weight excluding hydrogens is 507 g/mol. The third-order valence-corrected chi connectivity index (χ3v) is 8.16. The molecule has 35 heavy (non-hydrogen) atoms. The fraction of sp³-hybridized carbons (Fsp3) is 0.400. The number of hydrogen-bond donors (Lipinski definition) is 2. The topological polar surface area (TPSA) is 96.2 Å². The third kappa shape index (κ3) is 4.52. The van der Waals surface area contributed by atoms with Gasteiger partial charge in [0.2, 0.25) is 10.0 Å². The first kappa shape index (κ1) is 24.4. The molecule has 3 saturated carbocycles. The number of fused-ring (bicyclic) bond motifs is 1. The number of nitrogens with one attached hydrogen (secondary N) is 2. The van der Waals surface area contributed by atoms with Crippen LogP contribution in [0.2, 0.25) is 5.02 Å². The lowest BCUT2D eigenvalue weighted by atomic mass is 9.44. The van der Waals surface area contributed by atoms with Crippen molar-refractivity contribution in [1.29, 1.82) is 5.26 Å². The van der Waals surface area contributed by atoms with Gasteiger partial charge in [0, 0.05) is 34.4 Å². The highest BCUT2D eigenvalue weighted by molar-refractivity contribution is 7.88. The molecule has 0 amide bonds. The van der Waals surface area contributed by atoms with E-state index < -0.39 is 10.0 Å². The molecule has 6 rings (SSSR count). The summed E-state index contributed by atoms with van der Waals surface area (Å²) < 4.78 is 33.5. The summed E-state index contributed by atoms with van der Waals surface area (Å²) in [5.41, 5.74) is 3.04. The molecule has 2 N–H and O–H groups in total. The molecule has 3 fully saturated rings. The van der Waals surface area contributed by atoms with Gasteiger partial charge in [-0.05, 0) is 62.1 Å². The second kappa shape index (κ2) is 8.68. The Labute approximate surface area is 215 Å². The number of rotatable bonds is 9. The fourth-order valence-corrected chi connectivity index (χ4v) is 7.08. The van der Waals surface area contributed by atoms with E-state index in [0.717, 1.165) is 41.4 Å². The van der Waals surface area contributed by atoms with Crippen LogP contribution in [0.5, 0.6) is 5.75 Å². The first-order valence-corrected chi connectivity index (χ1v) is 14.2. The number of halogens is 2. The van der Waals surface area contributed by atoms with Crippen molar-refractivity contribution < 1.29 is 13.2 Å². The van der Waals surface area contributed by atoms with Crippen molar-refractivity contribution in [3.05, 3.63) is 58.7 Å². The predicted octanol–water partition coefficient (Wildman–Crippen LogP) is 4.65. The van der Waals surface area contributed by atoms with Gasteiger partial charge in [0.25, 0.3) is 0 Å². The van der Waals surface area contributed by atoms with Crippen LogP contribution in [0.1, 0.15) is 43.4 Å². The van der Waals surface area contributed by atoms with E-state index in [1.54, 1.807) is 12.1 Å². The van der Waals surface area contributed by atoms with Crippen LogP contribution < -0.4 is 14.8 Å². The second-order valence-electron chi connectivity index (χ2n) is 9.79. The van der Waals surface area contributed by atoms with Crippen LogP contribution in [0.15, 0.2) is 42.6 Å². The highest BCUT2D eigenvalue weighted by Crippen LogP contribution is 2.61. The van der Waals surface area contributed by atoms with Crippen molar-refractivity contribution in [3.63, 3.8) is 0 Å². The molecule has 1 unspecified atom stereocenters. The molecular formula is C25H26Cl2N4O3S. The maximum Gasteiger partial charge on any atom is 0.209 e. The zero-order chi connectivity index (χ0) is 25.0. The van der Waals surface area contributed by atoms with Crippen LogP contribution in [-0.2, 0) is 10.0 Å². The Morgan fingerprint density at radius 3 is 2.60 bits per heavy atom. The highest BCUT2D eigenvalue weighted by atomic mass is 35.5. The maximum atomic E-state index is 11.6. The van der Waals surface area contributed by atoms with Crippen LogP contribution in [0, 0.1) is 11.3 Å². The molecule has 1 atom stereocenters. The largest absolute Gasteiger partial charge is 0.489 e. The van der Waals surface area contributed by atoms with Crippen molar-refractivity contribution >= 4 is 44.1 Å². The Balaban J connectivity index is 1.34. The van der Waals surface area contributed by atoms with Crippen molar-refractivity contribution in [3.8, 4) is 17.5 Å². The molecule has 2 aromatic carbocycles. The van der Waals surface area contributed by atoms with E-state index in [1.807, 2.05) is 16.8 Å². The molecule has 0 spiro atoms. The van der Waals surface area contributed by atoms with E-state index in [4.69, 9.17) is 27.9 Å². The van der Waals surface area contributed by atoms with Crippen LogP contribution in [0.3, 0.4) is 0 Å². The van der Waals surface area contributed by atoms with Gasteiger partial charge >= 0.3 is 0 Å². The molecule has 0 aliphatic heterocycles. The average Bonchev–Trinajstić information content (AvgIpc) is 3.17. The van der Waals surface area contributed by atoms with E-state index in [-0.39, 0.29) is 23.7 Å². The molecule has 3 aliphatic carbocycles. The number of sulfonamides is 1. The van der Waals surface area contributed by atoms with Gasteiger partial charge in [0.15, 0.2) is 5.75 Å². The number of nitriles is 1. The average molecular weight is 533 g/mol. The zero-order valence-electron chi connectivity index (χ0n) is 19.4. The van der Waals surface area contributed by atoms with Crippen LogP contribution >= 0.6 is 23.2 Å². The lowest BCUT2D eigenvalue weighted by Crippen LogP contribution is -2.83. The summed E-state index contributed by atoms with van der Waals surface area (Å²) in [6, 6.07) is 14.2. The van der Waals surface area contributed by atoms with Gasteiger partial charge in [0.1, 0.15) is 12.7 Å². The molecule has 2 bridgehead atoms. The summed E-state index contributed by atoms with van der Waals surface area (Å²) in [4.78, 5) is 0. The van der Waals surface area contributed by atoms with E-state index in [9.17, 15) is 13.7 Å². The Hall–Kier alpha value is -2.28. The molecule has 1 heterocycles. The Kier molecular flexibility index (Phi) is 6.06. The van der Waals surface area contributed by atoms with Gasteiger partial charge in [-0.1, -0.05) is 17.7 Å². The number of hydrogen-bond acceptors (Lipinski definition) is 5. The molecule has 7 nitrogen and oxygen atoms in total. The van der Waals surface area contributed by atoms with Crippen LogP contribution in [0.25, 0.3) is 16.6 Å². The minimum absolute atomic E-state index is 0.00964. The van der Waals surface area contributed by atoms with Crippen molar-refractivity contribution in [2.24, 2.45) is 0 Å². The number of ether oxygens (including phenoxy) is 1. The summed E-state index contributed by atoms with van der Waals surface area (Å²) in [6.45, 7) is 2.40. The van der Waals surface area contributed by atoms with Gasteiger partial charge in [-0.3, -0.25) is 0 Å². The SMILES string of the molecule is CC(NC12CC(NS(C)(=O)=O)(C1)C2)c1ccc2c(ccn2-c2cc(Cl)c(OCCCl)c(C#N)c2)c1. The number of benzene rings is 2. The zero-order valence-corrected chi connectivity index (χ0v) is 21.8. The van der Waals surface area contributed by atoms with Gasteiger partial charge in [-0.25, -0.2) is 13.1 Å². The summed E-state index contributed by atoms with van der Waals surface area (Å²) in [5, 5.41) is 14.7. The predicted molar refractivity (Wildman–Crippen MR) is 138 cm³/mol. The number of aromatic nitrogens is 1. The Bertz CT molecular complexity index is 1440. The van der Waals surface area contributed by atoms with Crippen molar-refractivity contribution in [2.75, 3.05) is 18.7 Å². The maximum absolute atomic E-state index is 11.6. The van der Waals surface area contributed by atoms with Crippen LogP contribution in [0.4, 0.5) is 0 Å². The van der Waals surface area contributed by atoms with Crippen molar-refractivity contribution in [1.82, 2.24) is 14.6 Å². The number of alkyl halides is 1. The van der Waals surface area contributed by atoms with Gasteiger partial charge < -0.3 is 14.6 Å². The smallest absolute Gasteiger partial charge is 0.209 e. The standard InChI is InChI=1S/C25H26Cl2N4O3S/c1-16(29-24-13-25(14-24,15-24)30-35(2,32)33)17-3-4-22-18(9-17)5-7-31(22)20-10-19(12-28)23(21(27)11-20)34-8-6-26/h3-5,7,9-11,16,29-30H,6,8,13-15H2,1-2H3. The summed E-state index contributed by atoms with van der Waals surface area (Å²) in [6.07, 6.45) is 5.64. The van der Waals surface area contributed by atoms with Gasteiger partial charge in [-0.15, -0.1) is 11.6 Å². The fourth-order valence-electron chi connectivity index (χ4n) is 5.73. The Morgan fingerprint density at radius 2 is 1.94 bits per heavy atom. The Morgan fingerprint density at radius 1 is 1.20 bits per heavy atom. The summed E-state index contributed by atoms with van der Waals surface area (Å²) in [5.74, 6) is 0.652. The third-order valence-electron chi connectivity index (χ3n) is 6.92. The molecule has 3 aromatic rings. The monoisotopic (exact) mass is 532 g/mol. The normalized spacial score (nSPS) is 23.9. The lowest BCUT2D eigenvalue weighted by Gasteiger charge is -2.71. The quantitative estimate of drug-likeness (QED) is 0.391. The van der Waals surface area contributed by atoms with E-state index in [1.165, 1.54) is 6.26 Å². The van der Waals surface area contributed by atoms with E-state index >= 15 is 0 Å². The van der Waals surface area contributed by atoms with Gasteiger partial charge in [0.05, 0.1) is 28.2 Å². The number of nitrogens with zero attached hydrogens (tertiary/aromatic N) is 2. The molecule has 1 aromatic heterocycles.